The molecular weight excluding hydrogens is 397 g/mol. The van der Waals surface area contributed by atoms with Gasteiger partial charge in [-0.25, -0.2) is 4.99 Å². The molecule has 0 unspecified atom stereocenters. The molecular formula is C14H24IN5O2. The highest BCUT2D eigenvalue weighted by molar-refractivity contribution is 14.0. The quantitative estimate of drug-likeness (QED) is 0.272. The number of pyridine rings is 1. The average Bonchev–Trinajstić information content (AvgIpc) is 2.51. The molecule has 0 aromatic carbocycles. The lowest BCUT2D eigenvalue weighted by molar-refractivity contribution is -0.128. The van der Waals surface area contributed by atoms with E-state index in [4.69, 9.17) is 10.5 Å². The third kappa shape index (κ3) is 8.78. The molecule has 1 amide bonds. The number of hydrogen-bond acceptors (Lipinski definition) is 4. The molecule has 1 aromatic heterocycles. The highest BCUT2D eigenvalue weighted by Gasteiger charge is 2.08. The molecule has 0 spiro atoms. The zero-order valence-electron chi connectivity index (χ0n) is 13.0. The monoisotopic (exact) mass is 421 g/mol. The van der Waals surface area contributed by atoms with Gasteiger partial charge in [-0.15, -0.1) is 24.0 Å². The Labute approximate surface area is 148 Å². The topological polar surface area (TPSA) is 92.8 Å². The van der Waals surface area contributed by atoms with E-state index in [9.17, 15) is 4.79 Å². The van der Waals surface area contributed by atoms with Crippen LogP contribution in [0.4, 0.5) is 0 Å². The minimum Gasteiger partial charge on any atom is -0.383 e. The fraction of sp³-hybridized carbons (Fsp3) is 0.500. The molecule has 3 N–H and O–H groups in total. The van der Waals surface area contributed by atoms with E-state index >= 15 is 0 Å². The van der Waals surface area contributed by atoms with E-state index in [1.54, 1.807) is 25.3 Å². The molecule has 22 heavy (non-hydrogen) atoms. The Hall–Kier alpha value is -1.42. The van der Waals surface area contributed by atoms with Gasteiger partial charge in [-0.05, 0) is 12.1 Å². The standard InChI is InChI=1S/C14H23N5O2.HI/c1-19(9-6-12-5-3-4-7-16-12)13(20)11-18-14(15)17-8-10-21-2;/h3-5,7H,6,8-11H2,1-2H3,(H3,15,17,18);1H. The Balaban J connectivity index is 0.00000441. The van der Waals surface area contributed by atoms with Gasteiger partial charge in [-0.2, -0.15) is 0 Å². The van der Waals surface area contributed by atoms with E-state index in [1.165, 1.54) is 0 Å². The van der Waals surface area contributed by atoms with Crippen LogP contribution in [-0.2, 0) is 16.0 Å². The number of guanidine groups is 1. The van der Waals surface area contributed by atoms with Crippen LogP contribution in [0.5, 0.6) is 0 Å². The number of hydrogen-bond donors (Lipinski definition) is 2. The van der Waals surface area contributed by atoms with Crippen molar-refractivity contribution < 1.29 is 9.53 Å². The SMILES string of the molecule is COCCNC(N)=NCC(=O)N(C)CCc1ccccn1.I. The second-order valence-electron chi connectivity index (χ2n) is 4.51. The lowest BCUT2D eigenvalue weighted by atomic mass is 10.2. The summed E-state index contributed by atoms with van der Waals surface area (Å²) in [6, 6.07) is 5.74. The zero-order valence-corrected chi connectivity index (χ0v) is 15.3. The molecule has 0 aliphatic heterocycles. The number of likely N-dealkylation sites (N-methyl/N-ethyl adjacent to an activating group) is 1. The summed E-state index contributed by atoms with van der Waals surface area (Å²) in [7, 11) is 3.35. The number of rotatable bonds is 8. The van der Waals surface area contributed by atoms with Crippen molar-refractivity contribution in [2.24, 2.45) is 10.7 Å². The number of aromatic nitrogens is 1. The number of ether oxygens (including phenoxy) is 1. The molecule has 8 heteroatoms. The molecule has 1 aromatic rings. The largest absolute Gasteiger partial charge is 0.383 e. The van der Waals surface area contributed by atoms with Crippen molar-refractivity contribution in [3.05, 3.63) is 30.1 Å². The van der Waals surface area contributed by atoms with Crippen LogP contribution in [0.1, 0.15) is 5.69 Å². The van der Waals surface area contributed by atoms with Gasteiger partial charge < -0.3 is 20.7 Å². The zero-order chi connectivity index (χ0) is 15.5. The molecule has 7 nitrogen and oxygen atoms in total. The number of methoxy groups -OCH3 is 1. The summed E-state index contributed by atoms with van der Waals surface area (Å²) in [6.45, 7) is 1.73. The van der Waals surface area contributed by atoms with Crippen LogP contribution in [0.15, 0.2) is 29.4 Å². The Kier molecular flexibility index (Phi) is 11.4. The summed E-state index contributed by atoms with van der Waals surface area (Å²) in [5, 5.41) is 2.86. The molecule has 0 bridgehead atoms. The molecule has 0 aliphatic rings. The molecule has 0 radical (unpaired) electrons. The lowest BCUT2D eigenvalue weighted by Crippen LogP contribution is -2.36. The fourth-order valence-corrected chi connectivity index (χ4v) is 1.56. The molecule has 0 saturated heterocycles. The number of nitrogens with one attached hydrogen (secondary N) is 1. The summed E-state index contributed by atoms with van der Waals surface area (Å²) in [5.74, 6) is 0.168. The number of carbonyl (C=O) groups excluding carboxylic acids is 1. The Morgan fingerprint density at radius 3 is 2.91 bits per heavy atom. The second kappa shape index (κ2) is 12.2. The van der Waals surface area contributed by atoms with Gasteiger partial charge in [0.25, 0.3) is 0 Å². The number of aliphatic imine (C=N–C) groups is 1. The third-order valence-electron chi connectivity index (χ3n) is 2.85. The normalized spacial score (nSPS) is 10.7. The number of nitrogens with zero attached hydrogens (tertiary/aromatic N) is 3. The molecule has 0 aliphatic carbocycles. The van der Waals surface area contributed by atoms with Gasteiger partial charge >= 0.3 is 0 Å². The number of amides is 1. The van der Waals surface area contributed by atoms with Crippen molar-refractivity contribution in [2.45, 2.75) is 6.42 Å². The van der Waals surface area contributed by atoms with Gasteiger partial charge in [0.2, 0.25) is 5.91 Å². The number of nitrogens with two attached hydrogens (primary N) is 1. The Bertz CT molecular complexity index is 456. The van der Waals surface area contributed by atoms with Crippen LogP contribution in [0, 0.1) is 0 Å². The lowest BCUT2D eigenvalue weighted by Gasteiger charge is -2.15. The van der Waals surface area contributed by atoms with E-state index in [0.29, 0.717) is 26.1 Å². The summed E-state index contributed by atoms with van der Waals surface area (Å²) < 4.78 is 4.88. The van der Waals surface area contributed by atoms with Crippen LogP contribution < -0.4 is 11.1 Å². The van der Waals surface area contributed by atoms with E-state index in [-0.39, 0.29) is 42.4 Å². The van der Waals surface area contributed by atoms with Gasteiger partial charge in [-0.1, -0.05) is 6.07 Å². The van der Waals surface area contributed by atoms with Crippen molar-refractivity contribution in [2.75, 3.05) is 40.4 Å². The smallest absolute Gasteiger partial charge is 0.244 e. The fourth-order valence-electron chi connectivity index (χ4n) is 1.56. The van der Waals surface area contributed by atoms with Crippen molar-refractivity contribution in [1.82, 2.24) is 15.2 Å². The van der Waals surface area contributed by atoms with E-state index in [0.717, 1.165) is 5.69 Å². The summed E-state index contributed by atoms with van der Waals surface area (Å²) in [5.41, 5.74) is 6.59. The van der Waals surface area contributed by atoms with E-state index < -0.39 is 0 Å². The first kappa shape index (κ1) is 20.6. The first-order chi connectivity index (χ1) is 10.1. The molecule has 0 saturated carbocycles. The molecule has 124 valence electrons. The Morgan fingerprint density at radius 2 is 2.27 bits per heavy atom. The summed E-state index contributed by atoms with van der Waals surface area (Å²) in [4.78, 5) is 21.7. The van der Waals surface area contributed by atoms with Crippen LogP contribution in [0.2, 0.25) is 0 Å². The van der Waals surface area contributed by atoms with Gasteiger partial charge in [-0.3, -0.25) is 9.78 Å². The van der Waals surface area contributed by atoms with Gasteiger partial charge in [0.05, 0.1) is 6.61 Å². The van der Waals surface area contributed by atoms with Crippen molar-refractivity contribution >= 4 is 35.8 Å². The minimum atomic E-state index is -0.0811. The van der Waals surface area contributed by atoms with Gasteiger partial charge in [0, 0.05) is 45.6 Å². The van der Waals surface area contributed by atoms with Crippen LogP contribution in [0.25, 0.3) is 0 Å². The third-order valence-corrected chi connectivity index (χ3v) is 2.85. The van der Waals surface area contributed by atoms with Crippen molar-refractivity contribution in [1.29, 1.82) is 0 Å². The van der Waals surface area contributed by atoms with Crippen LogP contribution >= 0.6 is 24.0 Å². The van der Waals surface area contributed by atoms with E-state index in [1.807, 2.05) is 18.2 Å². The summed E-state index contributed by atoms with van der Waals surface area (Å²) >= 11 is 0. The van der Waals surface area contributed by atoms with Gasteiger partial charge in [0.1, 0.15) is 6.54 Å². The number of carbonyl (C=O) groups is 1. The molecule has 0 fully saturated rings. The van der Waals surface area contributed by atoms with Gasteiger partial charge in [0.15, 0.2) is 5.96 Å². The van der Waals surface area contributed by atoms with Crippen LogP contribution in [0.3, 0.4) is 0 Å². The summed E-state index contributed by atoms with van der Waals surface area (Å²) in [6.07, 6.45) is 2.46. The predicted octanol–water partition coefficient (Wildman–Crippen LogP) is 0.251. The maximum atomic E-state index is 11.9. The minimum absolute atomic E-state index is 0. The second-order valence-corrected chi connectivity index (χ2v) is 4.51. The van der Waals surface area contributed by atoms with E-state index in [2.05, 4.69) is 15.3 Å². The first-order valence-corrected chi connectivity index (χ1v) is 6.80. The molecule has 0 atom stereocenters. The average molecular weight is 421 g/mol. The van der Waals surface area contributed by atoms with Crippen molar-refractivity contribution in [3.63, 3.8) is 0 Å². The van der Waals surface area contributed by atoms with Crippen molar-refractivity contribution in [3.8, 4) is 0 Å². The maximum Gasteiger partial charge on any atom is 0.244 e. The Morgan fingerprint density at radius 1 is 1.50 bits per heavy atom. The number of halogens is 1. The predicted molar refractivity (Wildman–Crippen MR) is 97.4 cm³/mol. The van der Waals surface area contributed by atoms with Crippen LogP contribution in [-0.4, -0.2) is 62.1 Å². The highest BCUT2D eigenvalue weighted by atomic mass is 127. The first-order valence-electron chi connectivity index (χ1n) is 6.80. The molecule has 1 heterocycles. The highest BCUT2D eigenvalue weighted by Crippen LogP contribution is 1.97. The molecule has 1 rings (SSSR count). The maximum absolute atomic E-state index is 11.9.